The van der Waals surface area contributed by atoms with Gasteiger partial charge >= 0.3 is 18.1 Å². The van der Waals surface area contributed by atoms with Crippen molar-refractivity contribution in [2.24, 2.45) is 0 Å². The lowest BCUT2D eigenvalue weighted by molar-refractivity contribution is -0.137. The molecule has 2 aromatic carbocycles. The predicted molar refractivity (Wildman–Crippen MR) is 92.9 cm³/mol. The van der Waals surface area contributed by atoms with Crippen LogP contribution in [0.2, 0.25) is 0 Å². The molecule has 0 aliphatic carbocycles. The predicted octanol–water partition coefficient (Wildman–Crippen LogP) is 3.46. The van der Waals surface area contributed by atoms with E-state index in [-0.39, 0.29) is 23.2 Å². The van der Waals surface area contributed by atoms with E-state index in [1.165, 1.54) is 30.3 Å². The molecule has 0 bridgehead atoms. The molecule has 2 rings (SSSR count). The van der Waals surface area contributed by atoms with Crippen LogP contribution < -0.4 is 5.32 Å². The summed E-state index contributed by atoms with van der Waals surface area (Å²) in [4.78, 5) is 35.7. The first kappa shape index (κ1) is 20.9. The number of carbonyl (C=O) groups is 3. The lowest BCUT2D eigenvalue weighted by atomic mass is 10.1. The van der Waals surface area contributed by atoms with Crippen molar-refractivity contribution < 1.29 is 37.0 Å². The van der Waals surface area contributed by atoms with Gasteiger partial charge < -0.3 is 14.8 Å². The number of ether oxygens (including phenoxy) is 2. The molecule has 0 aliphatic heterocycles. The fraction of sp³-hybridized carbons (Fsp3) is 0.211. The highest BCUT2D eigenvalue weighted by atomic mass is 19.4. The second kappa shape index (κ2) is 8.55. The number of hydrogen-bond acceptors (Lipinski definition) is 5. The van der Waals surface area contributed by atoms with E-state index in [2.05, 4.69) is 14.8 Å². The molecule has 0 fully saturated rings. The lowest BCUT2D eigenvalue weighted by Gasteiger charge is -2.11. The standard InChI is InChI=1S/C19H16F3NO5/c1-27-17(25)14-8-7-13(10-15(14)18(26)28-2)23-16(24)9-11-3-5-12(6-4-11)19(20,21)22/h3-8,10H,9H2,1-2H3,(H,23,24). The van der Waals surface area contributed by atoms with E-state index in [1.807, 2.05) is 0 Å². The molecule has 148 valence electrons. The van der Waals surface area contributed by atoms with Gasteiger partial charge in [-0.05, 0) is 35.9 Å². The Hall–Kier alpha value is -3.36. The van der Waals surface area contributed by atoms with Gasteiger partial charge in [-0.15, -0.1) is 0 Å². The number of anilines is 1. The maximum Gasteiger partial charge on any atom is 0.416 e. The maximum absolute atomic E-state index is 12.6. The van der Waals surface area contributed by atoms with Crippen molar-refractivity contribution in [1.29, 1.82) is 0 Å². The van der Waals surface area contributed by atoms with Gasteiger partial charge in [0.05, 0.1) is 37.3 Å². The van der Waals surface area contributed by atoms with Crippen LogP contribution in [0.3, 0.4) is 0 Å². The fourth-order valence-corrected chi connectivity index (χ4v) is 2.39. The first-order chi connectivity index (χ1) is 13.2. The molecular weight excluding hydrogens is 379 g/mol. The Labute approximate surface area is 158 Å². The number of esters is 2. The molecule has 0 unspecified atom stereocenters. The fourth-order valence-electron chi connectivity index (χ4n) is 2.39. The highest BCUT2D eigenvalue weighted by Crippen LogP contribution is 2.29. The Morgan fingerprint density at radius 2 is 1.46 bits per heavy atom. The normalized spacial score (nSPS) is 10.9. The molecule has 0 heterocycles. The third-order valence-electron chi connectivity index (χ3n) is 3.76. The smallest absolute Gasteiger partial charge is 0.416 e. The molecule has 0 aromatic heterocycles. The molecule has 6 nitrogen and oxygen atoms in total. The molecule has 0 spiro atoms. The van der Waals surface area contributed by atoms with Crippen LogP contribution in [-0.2, 0) is 26.9 Å². The first-order valence-electron chi connectivity index (χ1n) is 7.92. The Bertz CT molecular complexity index is 891. The van der Waals surface area contributed by atoms with Gasteiger partial charge in [0.1, 0.15) is 0 Å². The van der Waals surface area contributed by atoms with Gasteiger partial charge in [-0.3, -0.25) is 4.79 Å². The minimum absolute atomic E-state index is 0.0323. The molecule has 0 atom stereocenters. The summed E-state index contributed by atoms with van der Waals surface area (Å²) in [5, 5.41) is 2.52. The molecule has 28 heavy (non-hydrogen) atoms. The largest absolute Gasteiger partial charge is 0.465 e. The zero-order valence-corrected chi connectivity index (χ0v) is 14.9. The molecular formula is C19H16F3NO5. The summed E-state index contributed by atoms with van der Waals surface area (Å²) >= 11 is 0. The van der Waals surface area contributed by atoms with Crippen LogP contribution >= 0.6 is 0 Å². The van der Waals surface area contributed by atoms with Crippen LogP contribution in [0.1, 0.15) is 31.8 Å². The van der Waals surface area contributed by atoms with Gasteiger partial charge in [0.25, 0.3) is 0 Å². The number of alkyl halides is 3. The number of nitrogens with one attached hydrogen (secondary N) is 1. The monoisotopic (exact) mass is 395 g/mol. The van der Waals surface area contributed by atoms with E-state index in [9.17, 15) is 27.6 Å². The van der Waals surface area contributed by atoms with Gasteiger partial charge in [-0.25, -0.2) is 9.59 Å². The van der Waals surface area contributed by atoms with E-state index in [0.717, 1.165) is 26.4 Å². The average molecular weight is 395 g/mol. The highest BCUT2D eigenvalue weighted by molar-refractivity contribution is 6.04. The quantitative estimate of drug-likeness (QED) is 0.785. The van der Waals surface area contributed by atoms with Gasteiger partial charge in [0.2, 0.25) is 5.91 Å². The molecule has 1 amide bonds. The Balaban J connectivity index is 2.15. The summed E-state index contributed by atoms with van der Waals surface area (Å²) in [6.45, 7) is 0. The maximum atomic E-state index is 12.6. The summed E-state index contributed by atoms with van der Waals surface area (Å²) in [5.74, 6) is -2.05. The number of benzene rings is 2. The summed E-state index contributed by atoms with van der Waals surface area (Å²) in [6.07, 6.45) is -4.63. The zero-order chi connectivity index (χ0) is 20.9. The lowest BCUT2D eigenvalue weighted by Crippen LogP contribution is -2.17. The number of methoxy groups -OCH3 is 2. The zero-order valence-electron chi connectivity index (χ0n) is 14.9. The third-order valence-corrected chi connectivity index (χ3v) is 3.76. The topological polar surface area (TPSA) is 81.7 Å². The summed E-state index contributed by atoms with van der Waals surface area (Å²) in [7, 11) is 2.29. The second-order valence-corrected chi connectivity index (χ2v) is 5.66. The summed E-state index contributed by atoms with van der Waals surface area (Å²) < 4.78 is 46.9. The molecule has 9 heteroatoms. The number of hydrogen-bond donors (Lipinski definition) is 1. The van der Waals surface area contributed by atoms with Crippen LogP contribution in [-0.4, -0.2) is 32.1 Å². The van der Waals surface area contributed by atoms with Crippen LogP contribution in [0.5, 0.6) is 0 Å². The van der Waals surface area contributed by atoms with Gasteiger partial charge in [-0.1, -0.05) is 12.1 Å². The van der Waals surface area contributed by atoms with E-state index >= 15 is 0 Å². The average Bonchev–Trinajstić information content (AvgIpc) is 2.66. The Kier molecular flexibility index (Phi) is 6.40. The number of rotatable bonds is 5. The van der Waals surface area contributed by atoms with Crippen molar-refractivity contribution >= 4 is 23.5 Å². The molecule has 1 N–H and O–H groups in total. The van der Waals surface area contributed by atoms with Crippen molar-refractivity contribution in [3.63, 3.8) is 0 Å². The number of halogens is 3. The highest BCUT2D eigenvalue weighted by Gasteiger charge is 2.30. The summed E-state index contributed by atoms with van der Waals surface area (Å²) in [6, 6.07) is 8.15. The molecule has 0 radical (unpaired) electrons. The minimum atomic E-state index is -4.45. The molecule has 2 aromatic rings. The van der Waals surface area contributed by atoms with E-state index in [0.29, 0.717) is 5.56 Å². The number of amides is 1. The van der Waals surface area contributed by atoms with Gasteiger partial charge in [0.15, 0.2) is 0 Å². The Morgan fingerprint density at radius 1 is 0.893 bits per heavy atom. The third kappa shape index (κ3) is 5.09. The van der Waals surface area contributed by atoms with E-state index < -0.39 is 29.6 Å². The van der Waals surface area contributed by atoms with Gasteiger partial charge in [0, 0.05) is 5.69 Å². The molecule has 0 saturated heterocycles. The van der Waals surface area contributed by atoms with Crippen molar-refractivity contribution in [1.82, 2.24) is 0 Å². The minimum Gasteiger partial charge on any atom is -0.465 e. The van der Waals surface area contributed by atoms with Gasteiger partial charge in [-0.2, -0.15) is 13.2 Å². The van der Waals surface area contributed by atoms with Crippen molar-refractivity contribution in [3.8, 4) is 0 Å². The van der Waals surface area contributed by atoms with Crippen molar-refractivity contribution in [2.75, 3.05) is 19.5 Å². The SMILES string of the molecule is COC(=O)c1ccc(NC(=O)Cc2ccc(C(F)(F)F)cc2)cc1C(=O)OC. The van der Waals surface area contributed by atoms with Crippen LogP contribution in [0.4, 0.5) is 18.9 Å². The van der Waals surface area contributed by atoms with Crippen LogP contribution in [0, 0.1) is 0 Å². The van der Waals surface area contributed by atoms with Crippen LogP contribution in [0.15, 0.2) is 42.5 Å². The van der Waals surface area contributed by atoms with Crippen molar-refractivity contribution in [2.45, 2.75) is 12.6 Å². The number of carbonyl (C=O) groups excluding carboxylic acids is 3. The molecule has 0 saturated carbocycles. The van der Waals surface area contributed by atoms with E-state index in [1.54, 1.807) is 0 Å². The second-order valence-electron chi connectivity index (χ2n) is 5.66. The summed E-state index contributed by atoms with van der Waals surface area (Å²) in [5.41, 5.74) is -0.343. The van der Waals surface area contributed by atoms with E-state index in [4.69, 9.17) is 0 Å². The van der Waals surface area contributed by atoms with Crippen LogP contribution in [0.25, 0.3) is 0 Å². The van der Waals surface area contributed by atoms with Crippen molar-refractivity contribution in [3.05, 3.63) is 64.7 Å². The first-order valence-corrected chi connectivity index (χ1v) is 7.92. The Morgan fingerprint density at radius 3 is 2.00 bits per heavy atom. The molecule has 0 aliphatic rings.